The average Bonchev–Trinajstić information content (AvgIpc) is 2.27. The molecule has 0 saturated heterocycles. The van der Waals surface area contributed by atoms with Gasteiger partial charge in [-0.15, -0.1) is 0 Å². The van der Waals surface area contributed by atoms with Gasteiger partial charge >= 0.3 is 0 Å². The topological polar surface area (TPSA) is 47.3 Å². The lowest BCUT2D eigenvalue weighted by Crippen LogP contribution is -2.29. The molecule has 1 heterocycles. The molecule has 2 rings (SSSR count). The predicted molar refractivity (Wildman–Crippen MR) is 62.5 cm³/mol. The minimum atomic E-state index is 0.450. The summed E-state index contributed by atoms with van der Waals surface area (Å²) in [4.78, 5) is 0. The highest BCUT2D eigenvalue weighted by atomic mass is 16.5. The number of hydrogen-bond donors (Lipinski definition) is 2. The molecule has 15 heavy (non-hydrogen) atoms. The van der Waals surface area contributed by atoms with Crippen LogP contribution in [0.25, 0.3) is 0 Å². The molecule has 3 N–H and O–H groups in total. The van der Waals surface area contributed by atoms with Gasteiger partial charge in [0, 0.05) is 12.0 Å². The molecule has 0 amide bonds. The molecule has 0 bridgehead atoms. The SMILES string of the molecule is COc1cccc2c1NC(C)CC2CN. The highest BCUT2D eigenvalue weighted by Gasteiger charge is 2.25. The van der Waals surface area contributed by atoms with Gasteiger partial charge in [-0.25, -0.2) is 0 Å². The minimum absolute atomic E-state index is 0.450. The van der Waals surface area contributed by atoms with Crippen LogP contribution in [0.4, 0.5) is 5.69 Å². The van der Waals surface area contributed by atoms with Crippen molar-refractivity contribution in [2.45, 2.75) is 25.3 Å². The van der Waals surface area contributed by atoms with Crippen LogP contribution < -0.4 is 15.8 Å². The Hall–Kier alpha value is -1.22. The molecule has 0 fully saturated rings. The van der Waals surface area contributed by atoms with Crippen molar-refractivity contribution in [1.82, 2.24) is 0 Å². The molecule has 0 aromatic heterocycles. The molecule has 1 aliphatic rings. The van der Waals surface area contributed by atoms with Crippen LogP contribution in [0, 0.1) is 0 Å². The van der Waals surface area contributed by atoms with Crippen molar-refractivity contribution >= 4 is 5.69 Å². The summed E-state index contributed by atoms with van der Waals surface area (Å²) in [7, 11) is 1.70. The summed E-state index contributed by atoms with van der Waals surface area (Å²) in [6.45, 7) is 2.88. The molecule has 3 nitrogen and oxygen atoms in total. The van der Waals surface area contributed by atoms with E-state index in [4.69, 9.17) is 10.5 Å². The van der Waals surface area contributed by atoms with Gasteiger partial charge in [0.25, 0.3) is 0 Å². The van der Waals surface area contributed by atoms with Gasteiger partial charge in [0.1, 0.15) is 5.75 Å². The molecule has 0 radical (unpaired) electrons. The first-order valence-corrected chi connectivity index (χ1v) is 5.39. The van der Waals surface area contributed by atoms with Gasteiger partial charge in [-0.05, 0) is 31.5 Å². The molecular formula is C12H18N2O. The second-order valence-electron chi connectivity index (χ2n) is 4.14. The van der Waals surface area contributed by atoms with E-state index in [9.17, 15) is 0 Å². The van der Waals surface area contributed by atoms with E-state index in [1.165, 1.54) is 5.56 Å². The molecule has 2 atom stereocenters. The average molecular weight is 206 g/mol. The Morgan fingerprint density at radius 1 is 1.53 bits per heavy atom. The number of nitrogens with two attached hydrogens (primary N) is 1. The van der Waals surface area contributed by atoms with E-state index < -0.39 is 0 Å². The fourth-order valence-corrected chi connectivity index (χ4v) is 2.30. The zero-order chi connectivity index (χ0) is 10.8. The first-order valence-electron chi connectivity index (χ1n) is 5.39. The third-order valence-electron chi connectivity index (χ3n) is 3.03. The number of fused-ring (bicyclic) bond motifs is 1. The lowest BCUT2D eigenvalue weighted by atomic mass is 9.87. The molecule has 0 saturated carbocycles. The number of nitrogens with one attached hydrogen (secondary N) is 1. The summed E-state index contributed by atoms with van der Waals surface area (Å²) in [6, 6.07) is 6.60. The summed E-state index contributed by atoms with van der Waals surface area (Å²) in [6.07, 6.45) is 1.09. The Morgan fingerprint density at radius 2 is 2.33 bits per heavy atom. The maximum Gasteiger partial charge on any atom is 0.142 e. The smallest absolute Gasteiger partial charge is 0.142 e. The van der Waals surface area contributed by atoms with E-state index in [1.54, 1.807) is 7.11 Å². The zero-order valence-corrected chi connectivity index (χ0v) is 9.29. The molecule has 1 aromatic carbocycles. The highest BCUT2D eigenvalue weighted by Crippen LogP contribution is 2.39. The van der Waals surface area contributed by atoms with Crippen LogP contribution in [0.15, 0.2) is 18.2 Å². The Morgan fingerprint density at radius 3 is 3.00 bits per heavy atom. The fraction of sp³-hybridized carbons (Fsp3) is 0.500. The predicted octanol–water partition coefficient (Wildman–Crippen LogP) is 1.94. The van der Waals surface area contributed by atoms with E-state index in [2.05, 4.69) is 18.3 Å². The third kappa shape index (κ3) is 1.79. The van der Waals surface area contributed by atoms with Crippen LogP contribution in [0.2, 0.25) is 0 Å². The Bertz CT molecular complexity index is 351. The number of rotatable bonds is 2. The van der Waals surface area contributed by atoms with Gasteiger partial charge in [0.2, 0.25) is 0 Å². The van der Waals surface area contributed by atoms with Crippen LogP contribution in [0.1, 0.15) is 24.8 Å². The van der Waals surface area contributed by atoms with Crippen molar-refractivity contribution in [1.29, 1.82) is 0 Å². The van der Waals surface area contributed by atoms with E-state index >= 15 is 0 Å². The van der Waals surface area contributed by atoms with Gasteiger partial charge in [-0.2, -0.15) is 0 Å². The number of para-hydroxylation sites is 1. The molecule has 0 aliphatic carbocycles. The first kappa shape index (κ1) is 10.3. The third-order valence-corrected chi connectivity index (χ3v) is 3.03. The Balaban J connectivity index is 2.45. The lowest BCUT2D eigenvalue weighted by Gasteiger charge is -2.31. The van der Waals surface area contributed by atoms with Gasteiger partial charge in [-0.3, -0.25) is 0 Å². The van der Waals surface area contributed by atoms with E-state index in [-0.39, 0.29) is 0 Å². The monoisotopic (exact) mass is 206 g/mol. The fourth-order valence-electron chi connectivity index (χ4n) is 2.30. The molecule has 1 aliphatic heterocycles. The second kappa shape index (κ2) is 4.11. The molecule has 2 unspecified atom stereocenters. The quantitative estimate of drug-likeness (QED) is 0.777. The van der Waals surface area contributed by atoms with Crippen LogP contribution in [-0.2, 0) is 0 Å². The van der Waals surface area contributed by atoms with Crippen molar-refractivity contribution in [2.75, 3.05) is 19.0 Å². The van der Waals surface area contributed by atoms with Crippen molar-refractivity contribution in [3.63, 3.8) is 0 Å². The van der Waals surface area contributed by atoms with E-state index in [1.807, 2.05) is 12.1 Å². The highest BCUT2D eigenvalue weighted by molar-refractivity contribution is 5.65. The number of anilines is 1. The van der Waals surface area contributed by atoms with Gasteiger partial charge in [-0.1, -0.05) is 12.1 Å². The van der Waals surface area contributed by atoms with Crippen molar-refractivity contribution < 1.29 is 4.74 Å². The molecule has 82 valence electrons. The first-order chi connectivity index (χ1) is 7.26. The standard InChI is InChI=1S/C12H18N2O/c1-8-6-9(7-13)10-4-3-5-11(15-2)12(10)14-8/h3-5,8-9,14H,6-7,13H2,1-2H3. The summed E-state index contributed by atoms with van der Waals surface area (Å²) in [5.41, 5.74) is 8.21. The number of benzene rings is 1. The van der Waals surface area contributed by atoms with Crippen LogP contribution in [0.5, 0.6) is 5.75 Å². The van der Waals surface area contributed by atoms with Crippen LogP contribution in [0.3, 0.4) is 0 Å². The largest absolute Gasteiger partial charge is 0.495 e. The summed E-state index contributed by atoms with van der Waals surface area (Å²) >= 11 is 0. The zero-order valence-electron chi connectivity index (χ0n) is 9.29. The normalized spacial score (nSPS) is 24.2. The molecule has 0 spiro atoms. The van der Waals surface area contributed by atoms with Gasteiger partial charge in [0.05, 0.1) is 12.8 Å². The number of hydrogen-bond acceptors (Lipinski definition) is 3. The molecule has 3 heteroatoms. The van der Waals surface area contributed by atoms with Crippen molar-refractivity contribution in [3.8, 4) is 5.75 Å². The lowest BCUT2D eigenvalue weighted by molar-refractivity contribution is 0.412. The Labute approximate surface area is 90.6 Å². The summed E-state index contributed by atoms with van der Waals surface area (Å²) in [5, 5.41) is 3.46. The van der Waals surface area contributed by atoms with E-state index in [0.717, 1.165) is 17.9 Å². The van der Waals surface area contributed by atoms with Crippen LogP contribution in [-0.4, -0.2) is 19.7 Å². The summed E-state index contributed by atoms with van der Waals surface area (Å²) in [5.74, 6) is 1.36. The van der Waals surface area contributed by atoms with E-state index in [0.29, 0.717) is 18.5 Å². The number of methoxy groups -OCH3 is 1. The summed E-state index contributed by atoms with van der Waals surface area (Å²) < 4.78 is 5.35. The maximum atomic E-state index is 5.80. The van der Waals surface area contributed by atoms with Gasteiger partial charge in [0.15, 0.2) is 0 Å². The molecular weight excluding hydrogens is 188 g/mol. The van der Waals surface area contributed by atoms with Crippen LogP contribution >= 0.6 is 0 Å². The minimum Gasteiger partial charge on any atom is -0.495 e. The van der Waals surface area contributed by atoms with Gasteiger partial charge < -0.3 is 15.8 Å². The maximum absolute atomic E-state index is 5.80. The van der Waals surface area contributed by atoms with Crippen molar-refractivity contribution in [2.24, 2.45) is 5.73 Å². The molecule has 1 aromatic rings. The number of ether oxygens (including phenoxy) is 1. The van der Waals surface area contributed by atoms with Crippen molar-refractivity contribution in [3.05, 3.63) is 23.8 Å². The second-order valence-corrected chi connectivity index (χ2v) is 4.14. The Kier molecular flexibility index (Phi) is 2.82.